The summed E-state index contributed by atoms with van der Waals surface area (Å²) in [7, 11) is 3.26. The third-order valence-corrected chi connectivity index (χ3v) is 6.47. The van der Waals surface area contributed by atoms with E-state index in [-0.39, 0.29) is 18.4 Å². The lowest BCUT2D eigenvalue weighted by Crippen LogP contribution is -2.39. The van der Waals surface area contributed by atoms with Crippen molar-refractivity contribution in [2.24, 2.45) is 0 Å². The molecule has 0 atom stereocenters. The van der Waals surface area contributed by atoms with E-state index in [0.717, 1.165) is 16.3 Å². The van der Waals surface area contributed by atoms with Gasteiger partial charge in [-0.2, -0.15) is 5.26 Å². The number of fused-ring (bicyclic) bond motifs is 3. The minimum Gasteiger partial charge on any atom is -0.383 e. The zero-order valence-electron chi connectivity index (χ0n) is 16.3. The predicted molar refractivity (Wildman–Crippen MR) is 109 cm³/mol. The number of ether oxygens (including phenoxy) is 1. The van der Waals surface area contributed by atoms with Crippen LogP contribution in [-0.2, 0) is 22.5 Å². The molecule has 2 aliphatic rings. The third kappa shape index (κ3) is 3.45. The van der Waals surface area contributed by atoms with Gasteiger partial charge in [0.05, 0.1) is 36.9 Å². The lowest BCUT2D eigenvalue weighted by molar-refractivity contribution is -0.119. The summed E-state index contributed by atoms with van der Waals surface area (Å²) in [6.07, 6.45) is 2.32. The van der Waals surface area contributed by atoms with Crippen LogP contribution < -0.4 is 9.80 Å². The first-order valence-electron chi connectivity index (χ1n) is 9.34. The molecule has 0 saturated heterocycles. The fourth-order valence-electron chi connectivity index (χ4n) is 3.73. The molecule has 9 heteroatoms. The maximum atomic E-state index is 13.0. The van der Waals surface area contributed by atoms with Gasteiger partial charge in [-0.3, -0.25) is 14.5 Å². The third-order valence-electron chi connectivity index (χ3n) is 5.24. The quantitative estimate of drug-likeness (QED) is 0.760. The van der Waals surface area contributed by atoms with E-state index < -0.39 is 0 Å². The van der Waals surface area contributed by atoms with Crippen LogP contribution in [0.3, 0.4) is 0 Å². The van der Waals surface area contributed by atoms with Crippen LogP contribution in [0, 0.1) is 11.3 Å². The fourth-order valence-corrected chi connectivity index (χ4v) is 5.13. The largest absolute Gasteiger partial charge is 0.383 e. The average molecular weight is 411 g/mol. The van der Waals surface area contributed by atoms with Gasteiger partial charge in [-0.1, -0.05) is 0 Å². The van der Waals surface area contributed by atoms with Crippen molar-refractivity contribution in [3.05, 3.63) is 39.9 Å². The van der Waals surface area contributed by atoms with Gasteiger partial charge >= 0.3 is 0 Å². The molecular weight excluding hydrogens is 390 g/mol. The van der Waals surface area contributed by atoms with Crippen molar-refractivity contribution < 1.29 is 14.3 Å². The number of hydrogen-bond donors (Lipinski definition) is 0. The summed E-state index contributed by atoms with van der Waals surface area (Å²) in [4.78, 5) is 36.5. The number of hydrogen-bond acceptors (Lipinski definition) is 7. The van der Waals surface area contributed by atoms with Gasteiger partial charge in [0.2, 0.25) is 5.91 Å². The Morgan fingerprint density at radius 1 is 1.34 bits per heavy atom. The van der Waals surface area contributed by atoms with Crippen LogP contribution >= 0.6 is 11.3 Å². The molecule has 0 aromatic carbocycles. The van der Waals surface area contributed by atoms with Crippen LogP contribution in [-0.4, -0.2) is 62.1 Å². The molecule has 8 nitrogen and oxygen atoms in total. The van der Waals surface area contributed by atoms with Crippen molar-refractivity contribution in [2.75, 3.05) is 50.2 Å². The number of nitrogens with zero attached hydrogens (tertiary/aromatic N) is 5. The topological polar surface area (TPSA) is 89.8 Å². The summed E-state index contributed by atoms with van der Waals surface area (Å²) in [5.41, 5.74) is 2.23. The van der Waals surface area contributed by atoms with E-state index in [1.165, 1.54) is 16.2 Å². The van der Waals surface area contributed by atoms with E-state index in [2.05, 4.69) is 16.0 Å². The minimum absolute atomic E-state index is 0.0652. The van der Waals surface area contributed by atoms with Crippen molar-refractivity contribution in [3.8, 4) is 6.07 Å². The second-order valence-electron chi connectivity index (χ2n) is 7.07. The Labute approximate surface area is 172 Å². The summed E-state index contributed by atoms with van der Waals surface area (Å²) in [6.45, 7) is 2.18. The number of nitriles is 1. The predicted octanol–water partition coefficient (Wildman–Crippen LogP) is 1.64. The molecule has 0 unspecified atom stereocenters. The molecule has 2 aliphatic heterocycles. The molecule has 4 rings (SSSR count). The second-order valence-corrected chi connectivity index (χ2v) is 8.15. The highest BCUT2D eigenvalue weighted by Crippen LogP contribution is 2.41. The van der Waals surface area contributed by atoms with Crippen molar-refractivity contribution in [2.45, 2.75) is 13.0 Å². The smallest absolute Gasteiger partial charge is 0.257 e. The maximum absolute atomic E-state index is 13.0. The van der Waals surface area contributed by atoms with Crippen LogP contribution in [0.4, 0.5) is 10.8 Å². The first kappa shape index (κ1) is 19.4. The van der Waals surface area contributed by atoms with E-state index >= 15 is 0 Å². The van der Waals surface area contributed by atoms with Gasteiger partial charge in [-0.15, -0.1) is 11.3 Å². The highest BCUT2D eigenvalue weighted by Gasteiger charge is 2.36. The molecule has 0 fully saturated rings. The van der Waals surface area contributed by atoms with Crippen LogP contribution in [0.5, 0.6) is 0 Å². The minimum atomic E-state index is -0.108. The van der Waals surface area contributed by atoms with Crippen LogP contribution in [0.25, 0.3) is 0 Å². The van der Waals surface area contributed by atoms with E-state index in [1.807, 2.05) is 0 Å². The Bertz CT molecular complexity index is 1010. The number of anilines is 2. The highest BCUT2D eigenvalue weighted by atomic mass is 32.1. The zero-order chi connectivity index (χ0) is 20.5. The molecule has 0 N–H and O–H groups in total. The molecule has 2 amide bonds. The maximum Gasteiger partial charge on any atom is 0.257 e. The molecule has 0 saturated carbocycles. The van der Waals surface area contributed by atoms with Gasteiger partial charge in [-0.05, 0) is 24.1 Å². The number of carbonyl (C=O) groups excluding carboxylic acids is 2. The molecule has 29 heavy (non-hydrogen) atoms. The zero-order valence-corrected chi connectivity index (χ0v) is 17.2. The Kier molecular flexibility index (Phi) is 5.22. The van der Waals surface area contributed by atoms with Gasteiger partial charge in [-0.25, -0.2) is 4.98 Å². The average Bonchev–Trinajstić information content (AvgIpc) is 3.07. The first-order chi connectivity index (χ1) is 14.0. The lowest BCUT2D eigenvalue weighted by Gasteiger charge is -2.28. The standard InChI is InChI=1S/C20H21N5O3S/c1-23-12-17(26)25(7-8-28-2)20-18(19(23)27)14-4-6-24(11-15(14)29-20)16-9-13(10-21)3-5-22-16/h3,5,9H,4,6-8,11-12H2,1-2H3. The number of methoxy groups -OCH3 is 1. The van der Waals surface area contributed by atoms with Gasteiger partial charge in [0.25, 0.3) is 5.91 Å². The Balaban J connectivity index is 1.72. The number of thiophene rings is 1. The number of rotatable bonds is 4. The fraction of sp³-hybridized carbons (Fsp3) is 0.400. The number of carbonyl (C=O) groups is 2. The Morgan fingerprint density at radius 3 is 2.93 bits per heavy atom. The van der Waals surface area contributed by atoms with E-state index in [9.17, 15) is 9.59 Å². The molecule has 2 aromatic heterocycles. The van der Waals surface area contributed by atoms with Crippen molar-refractivity contribution in [1.82, 2.24) is 9.88 Å². The molecule has 150 valence electrons. The van der Waals surface area contributed by atoms with Crippen LogP contribution in [0.1, 0.15) is 26.4 Å². The van der Waals surface area contributed by atoms with Crippen LogP contribution in [0.2, 0.25) is 0 Å². The summed E-state index contributed by atoms with van der Waals surface area (Å²) in [6, 6.07) is 5.60. The first-order valence-corrected chi connectivity index (χ1v) is 10.2. The number of pyridine rings is 1. The molecule has 2 aromatic rings. The van der Waals surface area contributed by atoms with Crippen molar-refractivity contribution >= 4 is 34.0 Å². The monoisotopic (exact) mass is 411 g/mol. The van der Waals surface area contributed by atoms with Gasteiger partial charge in [0.1, 0.15) is 17.4 Å². The second kappa shape index (κ2) is 7.81. The molecule has 0 bridgehead atoms. The van der Waals surface area contributed by atoms with Gasteiger partial charge in [0.15, 0.2) is 0 Å². The molecule has 4 heterocycles. The normalized spacial score (nSPS) is 16.4. The van der Waals surface area contributed by atoms with E-state index in [1.54, 1.807) is 37.4 Å². The number of likely N-dealkylation sites (N-methyl/N-ethyl adjacent to an activating group) is 1. The molecular formula is C20H21N5O3S. The van der Waals surface area contributed by atoms with Crippen molar-refractivity contribution in [1.29, 1.82) is 5.26 Å². The number of aromatic nitrogens is 1. The van der Waals surface area contributed by atoms with Crippen molar-refractivity contribution in [3.63, 3.8) is 0 Å². The molecule has 0 spiro atoms. The summed E-state index contributed by atoms with van der Waals surface area (Å²) < 4.78 is 5.17. The Morgan fingerprint density at radius 2 is 2.17 bits per heavy atom. The summed E-state index contributed by atoms with van der Waals surface area (Å²) in [5, 5.41) is 9.86. The van der Waals surface area contributed by atoms with Gasteiger partial charge in [0, 0.05) is 31.8 Å². The summed E-state index contributed by atoms with van der Waals surface area (Å²) >= 11 is 1.50. The highest BCUT2D eigenvalue weighted by molar-refractivity contribution is 7.17. The van der Waals surface area contributed by atoms with E-state index in [0.29, 0.717) is 48.8 Å². The van der Waals surface area contributed by atoms with E-state index in [4.69, 9.17) is 10.00 Å². The Hall–Kier alpha value is -2.96. The van der Waals surface area contributed by atoms with Gasteiger partial charge < -0.3 is 14.5 Å². The summed E-state index contributed by atoms with van der Waals surface area (Å²) in [5.74, 6) is 0.536. The SMILES string of the molecule is COCCN1C(=O)CN(C)C(=O)c2c1sc1c2CCN(c2cc(C#N)ccn2)C1. The lowest BCUT2D eigenvalue weighted by atomic mass is 10.0. The molecule has 0 radical (unpaired) electrons. The number of amides is 2. The van der Waals surface area contributed by atoms with Crippen LogP contribution in [0.15, 0.2) is 18.3 Å². The molecule has 0 aliphatic carbocycles.